The van der Waals surface area contributed by atoms with Crippen molar-refractivity contribution in [3.8, 4) is 0 Å². The lowest BCUT2D eigenvalue weighted by atomic mass is 10.2. The van der Waals surface area contributed by atoms with E-state index < -0.39 is 21.0 Å². The highest BCUT2D eigenvalue weighted by molar-refractivity contribution is 7.52. The molecule has 110 valence electrons. The Morgan fingerprint density at radius 2 is 1.50 bits per heavy atom. The number of nitrogens with zero attached hydrogens (tertiary/aromatic N) is 1. The van der Waals surface area contributed by atoms with Gasteiger partial charge in [0.2, 0.25) is 0 Å². The number of hydrogen-bond acceptors (Lipinski definition) is 3. The highest BCUT2D eigenvalue weighted by Gasteiger charge is 2.32. The third kappa shape index (κ3) is 7.64. The molecule has 0 saturated heterocycles. The molecule has 0 radical (unpaired) electrons. The summed E-state index contributed by atoms with van der Waals surface area (Å²) in [6.07, 6.45) is 0.657. The van der Waals surface area contributed by atoms with Gasteiger partial charge >= 0.3 is 15.2 Å². The van der Waals surface area contributed by atoms with Gasteiger partial charge in [0.05, 0.1) is 0 Å². The minimum Gasteiger partial charge on any atom is -0.324 e. The molecule has 0 amide bonds. The fourth-order valence-corrected chi connectivity index (χ4v) is 3.76. The van der Waals surface area contributed by atoms with Crippen LogP contribution in [0.25, 0.3) is 0 Å². The van der Waals surface area contributed by atoms with Gasteiger partial charge in [-0.2, -0.15) is 0 Å². The molecule has 0 aliphatic carbocycles. The van der Waals surface area contributed by atoms with Gasteiger partial charge in [0, 0.05) is 6.16 Å². The Kier molecular flexibility index (Phi) is 7.87. The van der Waals surface area contributed by atoms with Crippen LogP contribution in [-0.4, -0.2) is 49.5 Å². The Balaban J connectivity index is 4.36. The second-order valence-electron chi connectivity index (χ2n) is 4.17. The Hall–Kier alpha value is 0.260. The summed E-state index contributed by atoms with van der Waals surface area (Å²) in [7, 11) is -8.23. The molecule has 1 atom stereocenters. The Labute approximate surface area is 108 Å². The van der Waals surface area contributed by atoms with Crippen LogP contribution in [0.1, 0.15) is 33.1 Å². The first-order valence-electron chi connectivity index (χ1n) is 5.95. The lowest BCUT2D eigenvalue weighted by Gasteiger charge is -2.30. The third-order valence-corrected chi connectivity index (χ3v) is 5.04. The smallest absolute Gasteiger partial charge is 0.324 e. The summed E-state index contributed by atoms with van der Waals surface area (Å²) in [6, 6.07) is 0. The zero-order valence-electron chi connectivity index (χ0n) is 10.8. The van der Waals surface area contributed by atoms with Crippen molar-refractivity contribution >= 4 is 15.2 Å². The molecule has 9 heteroatoms. The van der Waals surface area contributed by atoms with Crippen LogP contribution in [0, 0.1) is 0 Å². The van der Waals surface area contributed by atoms with Crippen molar-refractivity contribution in [3.05, 3.63) is 0 Å². The van der Waals surface area contributed by atoms with Crippen molar-refractivity contribution in [3.63, 3.8) is 0 Å². The molecule has 0 aliphatic rings. The van der Waals surface area contributed by atoms with E-state index in [2.05, 4.69) is 0 Å². The van der Waals surface area contributed by atoms with Crippen LogP contribution < -0.4 is 0 Å². The van der Waals surface area contributed by atoms with Gasteiger partial charge in [-0.1, -0.05) is 20.3 Å². The molecule has 0 bridgehead atoms. The zero-order valence-corrected chi connectivity index (χ0v) is 12.6. The Morgan fingerprint density at radius 1 is 1.00 bits per heavy atom. The monoisotopic (exact) mass is 303 g/mol. The van der Waals surface area contributed by atoms with Crippen LogP contribution in [0.2, 0.25) is 0 Å². The molecule has 7 nitrogen and oxygen atoms in total. The van der Waals surface area contributed by atoms with Gasteiger partial charge in [0.25, 0.3) is 0 Å². The molecule has 0 aromatic heterocycles. The van der Waals surface area contributed by atoms with Gasteiger partial charge in [-0.25, -0.2) is 0 Å². The molecule has 0 heterocycles. The lowest BCUT2D eigenvalue weighted by molar-refractivity contribution is 0.219. The first-order valence-corrected chi connectivity index (χ1v) is 9.43. The van der Waals surface area contributed by atoms with Crippen LogP contribution in [0.15, 0.2) is 0 Å². The molecule has 0 rings (SSSR count). The average molecular weight is 303 g/mol. The van der Waals surface area contributed by atoms with Crippen molar-refractivity contribution in [2.45, 2.75) is 38.9 Å². The fourth-order valence-electron chi connectivity index (χ4n) is 1.85. The summed E-state index contributed by atoms with van der Waals surface area (Å²) in [5.74, 6) is -0.857. The summed E-state index contributed by atoms with van der Waals surface area (Å²) in [5, 5.41) is 0. The topological polar surface area (TPSA) is 118 Å². The highest BCUT2D eigenvalue weighted by Crippen LogP contribution is 2.45. The molecule has 0 spiro atoms. The largest absolute Gasteiger partial charge is 0.342 e. The van der Waals surface area contributed by atoms with Crippen LogP contribution in [0.4, 0.5) is 0 Å². The summed E-state index contributed by atoms with van der Waals surface area (Å²) in [6.45, 7) is 4.71. The average Bonchev–Trinajstić information content (AvgIpc) is 2.19. The Morgan fingerprint density at radius 3 is 1.83 bits per heavy atom. The van der Waals surface area contributed by atoms with Gasteiger partial charge in [0.1, 0.15) is 5.78 Å². The molecule has 0 aromatic rings. The van der Waals surface area contributed by atoms with Gasteiger partial charge < -0.3 is 19.6 Å². The number of hydrogen-bond donors (Lipinski definition) is 4. The normalized spacial score (nSPS) is 15.1. The molecular weight excluding hydrogens is 280 g/mol. The molecule has 18 heavy (non-hydrogen) atoms. The van der Waals surface area contributed by atoms with Crippen molar-refractivity contribution in [1.29, 1.82) is 0 Å². The predicted octanol–water partition coefficient (Wildman–Crippen LogP) is 1.18. The molecule has 0 aromatic carbocycles. The van der Waals surface area contributed by atoms with Gasteiger partial charge in [-0.15, -0.1) is 0 Å². The number of rotatable bonds is 9. The van der Waals surface area contributed by atoms with Crippen molar-refractivity contribution < 1.29 is 28.7 Å². The molecule has 0 fully saturated rings. The van der Waals surface area contributed by atoms with E-state index >= 15 is 0 Å². The second-order valence-corrected chi connectivity index (χ2v) is 7.73. The third-order valence-electron chi connectivity index (χ3n) is 2.78. The molecular formula is C9H23NO6P2. The van der Waals surface area contributed by atoms with Crippen LogP contribution in [-0.2, 0) is 9.13 Å². The Bertz CT molecular complexity index is 321. The van der Waals surface area contributed by atoms with E-state index in [1.54, 1.807) is 4.90 Å². The zero-order chi connectivity index (χ0) is 14.4. The van der Waals surface area contributed by atoms with E-state index in [1.165, 1.54) is 0 Å². The molecule has 0 aliphatic heterocycles. The summed E-state index contributed by atoms with van der Waals surface area (Å²) >= 11 is 0. The van der Waals surface area contributed by atoms with Crippen LogP contribution in [0.3, 0.4) is 0 Å². The van der Waals surface area contributed by atoms with E-state index in [1.807, 2.05) is 13.8 Å². The van der Waals surface area contributed by atoms with E-state index in [0.717, 1.165) is 0 Å². The van der Waals surface area contributed by atoms with E-state index in [0.29, 0.717) is 19.5 Å². The predicted molar refractivity (Wildman–Crippen MR) is 69.5 cm³/mol. The van der Waals surface area contributed by atoms with Crippen molar-refractivity contribution in [1.82, 2.24) is 4.90 Å². The van der Waals surface area contributed by atoms with Crippen LogP contribution >= 0.6 is 15.2 Å². The quantitative estimate of drug-likeness (QED) is 0.373. The minimum absolute atomic E-state index is 0.237. The van der Waals surface area contributed by atoms with Gasteiger partial charge in [-0.3, -0.25) is 14.0 Å². The summed E-state index contributed by atoms with van der Waals surface area (Å²) in [4.78, 5) is 37.6. The molecule has 4 N–H and O–H groups in total. The van der Waals surface area contributed by atoms with Crippen molar-refractivity contribution in [2.24, 2.45) is 0 Å². The molecule has 0 saturated carbocycles. The van der Waals surface area contributed by atoms with E-state index in [-0.39, 0.29) is 19.0 Å². The SMILES string of the molecule is CCN(CC)C(CCCCP(=O)(O)O)P(=O)(O)O. The van der Waals surface area contributed by atoms with Crippen LogP contribution in [0.5, 0.6) is 0 Å². The maximum atomic E-state index is 11.4. The fraction of sp³-hybridized carbons (Fsp3) is 1.00. The maximum absolute atomic E-state index is 11.4. The first kappa shape index (κ1) is 18.3. The first-order chi connectivity index (χ1) is 8.11. The molecule has 1 unspecified atom stereocenters. The second kappa shape index (κ2) is 7.75. The van der Waals surface area contributed by atoms with Gasteiger partial charge in [-0.05, 0) is 25.9 Å². The highest BCUT2D eigenvalue weighted by atomic mass is 31.2. The number of unbranched alkanes of at least 4 members (excludes halogenated alkanes) is 1. The standard InChI is InChI=1S/C9H23NO6P2/c1-3-10(4-2)9(18(14,15)16)7-5-6-8-17(11,12)13/h9H,3-8H2,1-2H3,(H2,11,12,13)(H2,14,15,16). The summed E-state index contributed by atoms with van der Waals surface area (Å²) < 4.78 is 22.0. The minimum atomic E-state index is -4.21. The van der Waals surface area contributed by atoms with Gasteiger partial charge in [0.15, 0.2) is 0 Å². The lowest BCUT2D eigenvalue weighted by Crippen LogP contribution is -2.34. The summed E-state index contributed by atoms with van der Waals surface area (Å²) in [5.41, 5.74) is 0. The van der Waals surface area contributed by atoms with E-state index in [4.69, 9.17) is 9.79 Å². The van der Waals surface area contributed by atoms with E-state index in [9.17, 15) is 18.9 Å². The van der Waals surface area contributed by atoms with Crippen molar-refractivity contribution in [2.75, 3.05) is 19.3 Å². The maximum Gasteiger partial charge on any atom is 0.342 e.